The maximum atomic E-state index is 17.5. The molecule has 1 saturated carbocycles. The van der Waals surface area contributed by atoms with E-state index in [4.69, 9.17) is 40.7 Å². The number of fused-ring (bicyclic) bond motifs is 5. The highest BCUT2D eigenvalue weighted by Gasteiger charge is 2.50. The van der Waals surface area contributed by atoms with Crippen molar-refractivity contribution < 1.29 is 37.4 Å². The Kier molecular flexibility index (Phi) is 13.5. The van der Waals surface area contributed by atoms with Crippen molar-refractivity contribution in [1.82, 2.24) is 39.8 Å². The van der Waals surface area contributed by atoms with Gasteiger partial charge < -0.3 is 24.0 Å². The van der Waals surface area contributed by atoms with Crippen molar-refractivity contribution in [2.45, 2.75) is 126 Å². The van der Waals surface area contributed by atoms with Crippen molar-refractivity contribution >= 4 is 56.3 Å². The Morgan fingerprint density at radius 3 is 2.58 bits per heavy atom. The number of benzene rings is 3. The Morgan fingerprint density at radius 2 is 1.74 bits per heavy atom. The number of aromatic nitrogens is 5. The number of nitrogens with one attached hydrogen (secondary N) is 1. The summed E-state index contributed by atoms with van der Waals surface area (Å²) in [4.78, 5) is 59.6. The number of carbonyl (C=O) groups excluding carboxylic acids is 3. The highest BCUT2D eigenvalue weighted by atomic mass is 19.1. The highest BCUT2D eigenvalue weighted by Crippen LogP contribution is 2.45. The lowest BCUT2D eigenvalue weighted by atomic mass is 9.71. The average Bonchev–Trinajstić information content (AvgIpc) is 4.20. The van der Waals surface area contributed by atoms with Gasteiger partial charge in [0, 0.05) is 62.1 Å². The van der Waals surface area contributed by atoms with Crippen molar-refractivity contribution in [2.75, 3.05) is 57.5 Å². The first kappa shape index (κ1) is 50.7. The number of carbonyl (C=O) groups is 3. The maximum Gasteiger partial charge on any atom is 0.409 e. The molecule has 3 amide bonds. The molecule has 3 aromatic carbocycles. The molecule has 1 N–H and O–H groups in total. The minimum absolute atomic E-state index is 0.00138. The van der Waals surface area contributed by atoms with Crippen molar-refractivity contribution in [3.05, 3.63) is 82.7 Å². The van der Waals surface area contributed by atoms with Gasteiger partial charge in [-0.3, -0.25) is 24.5 Å². The molecule has 6 fully saturated rings. The first-order valence-electron chi connectivity index (χ1n) is 28.6. The van der Waals surface area contributed by atoms with Gasteiger partial charge in [0.25, 0.3) is 0 Å². The second-order valence-electron chi connectivity index (χ2n) is 23.3. The minimum Gasteiger partial charge on any atom is -0.461 e. The van der Waals surface area contributed by atoms with Gasteiger partial charge in [0.2, 0.25) is 11.8 Å². The Hall–Kier alpha value is -6.77. The summed E-state index contributed by atoms with van der Waals surface area (Å²) < 4.78 is 53.4. The van der Waals surface area contributed by atoms with Gasteiger partial charge >= 0.3 is 12.1 Å². The monoisotopic (exact) mass is 1060 g/mol. The van der Waals surface area contributed by atoms with Crippen molar-refractivity contribution in [1.29, 1.82) is 0 Å². The molecule has 6 aromatic rings. The number of hydrogen-bond donors (Lipinski definition) is 1. The number of rotatable bonds is 10. The largest absolute Gasteiger partial charge is 0.461 e. The van der Waals surface area contributed by atoms with Gasteiger partial charge in [0.1, 0.15) is 36.1 Å². The topological polar surface area (TPSA) is 157 Å². The van der Waals surface area contributed by atoms with Crippen molar-refractivity contribution in [3.63, 3.8) is 0 Å². The van der Waals surface area contributed by atoms with Gasteiger partial charge in [0.15, 0.2) is 5.82 Å². The zero-order valence-electron chi connectivity index (χ0n) is 44.4. The molecule has 4 atom stereocenters. The number of anilines is 1. The van der Waals surface area contributed by atoms with Crippen LogP contribution in [0.1, 0.15) is 118 Å². The summed E-state index contributed by atoms with van der Waals surface area (Å²) in [6, 6.07) is 15.0. The molecule has 7 aliphatic rings. The van der Waals surface area contributed by atoms with E-state index in [-0.39, 0.29) is 58.3 Å². The van der Waals surface area contributed by atoms with E-state index >= 15 is 8.78 Å². The minimum atomic E-state index is -0.638. The number of piperidine rings is 2. The van der Waals surface area contributed by atoms with Gasteiger partial charge in [-0.1, -0.05) is 42.3 Å². The van der Waals surface area contributed by atoms with Crippen LogP contribution in [0.4, 0.5) is 19.4 Å². The van der Waals surface area contributed by atoms with Crippen LogP contribution in [-0.2, 0) is 39.0 Å². The van der Waals surface area contributed by atoms with E-state index in [0.29, 0.717) is 116 Å². The number of terminal acetylenes is 1. The number of nitrogens with zero attached hydrogens (tertiary/aromatic N) is 8. The summed E-state index contributed by atoms with van der Waals surface area (Å²) in [7, 11) is 1.93. The van der Waals surface area contributed by atoms with E-state index < -0.39 is 17.6 Å². The van der Waals surface area contributed by atoms with Crippen molar-refractivity contribution in [2.24, 2.45) is 24.8 Å². The Bertz CT molecular complexity index is 3400. The second-order valence-corrected chi connectivity index (χ2v) is 23.3. The first-order valence-corrected chi connectivity index (χ1v) is 28.6. The summed E-state index contributed by atoms with van der Waals surface area (Å²) in [6.45, 7) is 4.73. The molecular weight excluding hydrogens is 993 g/mol. The van der Waals surface area contributed by atoms with Gasteiger partial charge in [-0.25, -0.2) is 18.6 Å². The van der Waals surface area contributed by atoms with Gasteiger partial charge in [-0.15, -0.1) is 6.42 Å². The predicted octanol–water partition coefficient (Wildman–Crippen LogP) is 9.33. The average molecular weight is 1060 g/mol. The molecule has 17 heteroatoms. The fourth-order valence-corrected chi connectivity index (χ4v) is 14.8. The molecule has 15 nitrogen and oxygen atoms in total. The number of pyridine rings is 1. The molecule has 6 aliphatic heterocycles. The second kappa shape index (κ2) is 20.8. The van der Waals surface area contributed by atoms with Crippen LogP contribution in [-0.4, -0.2) is 123 Å². The third-order valence-corrected chi connectivity index (χ3v) is 18.9. The Morgan fingerprint density at radius 1 is 0.897 bits per heavy atom. The SMILES string of the molecule is C#Cc1c(F)ccc2cccc(-c3nc4c5c(nc(OC[C@@]67CCCN6[C@H](COC(=O)N6CCC(C8CCC(Cc9ccc%10c(C%11CCC(=O)NC%11=O)nn(C)c%10c9)CC8)CC6)CC7)nc5c3F)N3CCCOC[C@@H]3CC4)c12. The molecule has 406 valence electrons. The summed E-state index contributed by atoms with van der Waals surface area (Å²) in [5.74, 6) is 2.90. The normalized spacial score (nSPS) is 25.9. The van der Waals surface area contributed by atoms with Gasteiger partial charge in [-0.2, -0.15) is 15.1 Å². The fraction of sp³-hybridized carbons (Fsp3) is 0.525. The maximum absolute atomic E-state index is 17.5. The molecule has 0 radical (unpaired) electrons. The third-order valence-electron chi connectivity index (χ3n) is 18.9. The van der Waals surface area contributed by atoms with E-state index in [2.05, 4.69) is 39.2 Å². The molecule has 13 rings (SSSR count). The molecule has 0 bridgehead atoms. The first-order chi connectivity index (χ1) is 38.0. The van der Waals surface area contributed by atoms with E-state index in [1.54, 1.807) is 18.2 Å². The summed E-state index contributed by atoms with van der Waals surface area (Å²) in [5, 5.41) is 9.87. The van der Waals surface area contributed by atoms with Crippen LogP contribution in [0.15, 0.2) is 48.5 Å². The molecule has 3 aromatic heterocycles. The standard InChI is InChI=1S/C61H67F2N9O6/c1-3-43-47(62)18-14-40-7-4-8-45(51(40)43)55-53(63)56-52-48(64-55)19-15-41-33-76-30-6-26-71(41)57(52)67-59(66-56)78-35-61-24-5-27-72(61)42(21-25-61)34-77-60(75)70-28-22-39(23-29-70)38-12-9-36(10-13-38)31-37-11-16-44-49(32-37)69(2)68-54(44)46-17-20-50(73)65-58(46)74/h1,4,7-8,11,14,16,18,32,36,38-39,41-42,46H,5-6,9-10,12-13,15,17,19-31,33-35H2,2H3,(H,65,73,74)/t36?,38?,41-,42-,46?,61-/m0/s1. The predicted molar refractivity (Wildman–Crippen MR) is 291 cm³/mol. The lowest BCUT2D eigenvalue weighted by Crippen LogP contribution is -2.48. The number of hydrogen-bond acceptors (Lipinski definition) is 12. The van der Waals surface area contributed by atoms with E-state index in [0.717, 1.165) is 80.9 Å². The van der Waals surface area contributed by atoms with Crippen LogP contribution in [0.3, 0.4) is 0 Å². The molecule has 78 heavy (non-hydrogen) atoms. The molecule has 1 aliphatic carbocycles. The number of halogens is 2. The van der Waals surface area contributed by atoms with Crippen LogP contribution in [0.25, 0.3) is 43.8 Å². The van der Waals surface area contributed by atoms with E-state index in [9.17, 15) is 14.4 Å². The zero-order valence-corrected chi connectivity index (χ0v) is 44.4. The molecule has 1 unspecified atom stereocenters. The van der Waals surface area contributed by atoms with Crippen LogP contribution >= 0.6 is 0 Å². The summed E-state index contributed by atoms with van der Waals surface area (Å²) >= 11 is 0. The van der Waals surface area contributed by atoms with Gasteiger partial charge in [-0.05, 0) is 144 Å². The number of likely N-dealkylation sites (tertiary alicyclic amines) is 1. The number of aryl methyl sites for hydroxylation is 2. The highest BCUT2D eigenvalue weighted by molar-refractivity contribution is 6.04. The number of ether oxygens (including phenoxy) is 3. The summed E-state index contributed by atoms with van der Waals surface area (Å²) in [5.41, 5.74) is 4.06. The molecule has 9 heterocycles. The third kappa shape index (κ3) is 9.19. The Balaban J connectivity index is 0.636. The zero-order chi connectivity index (χ0) is 53.2. The van der Waals surface area contributed by atoms with Crippen LogP contribution in [0, 0.1) is 41.7 Å². The quantitative estimate of drug-likeness (QED) is 0.103. The smallest absolute Gasteiger partial charge is 0.409 e. The lowest BCUT2D eigenvalue weighted by molar-refractivity contribution is -0.134. The van der Waals surface area contributed by atoms with Crippen LogP contribution in [0.2, 0.25) is 0 Å². The number of imide groups is 1. The van der Waals surface area contributed by atoms with E-state index in [1.165, 1.54) is 37.3 Å². The number of amides is 3. The van der Waals surface area contributed by atoms with Gasteiger partial charge in [0.05, 0.1) is 52.0 Å². The molecule has 5 saturated heterocycles. The van der Waals surface area contributed by atoms with Crippen molar-refractivity contribution in [3.8, 4) is 29.6 Å². The molecular formula is C61H67F2N9O6. The van der Waals surface area contributed by atoms with Crippen LogP contribution in [0.5, 0.6) is 6.01 Å². The van der Waals surface area contributed by atoms with E-state index in [1.807, 2.05) is 22.7 Å². The van der Waals surface area contributed by atoms with Crippen LogP contribution < -0.4 is 15.0 Å². The Labute approximate surface area is 452 Å². The summed E-state index contributed by atoms with van der Waals surface area (Å²) in [6.07, 6.45) is 19.9. The molecule has 0 spiro atoms. The fourth-order valence-electron chi connectivity index (χ4n) is 14.8. The lowest BCUT2D eigenvalue weighted by Gasteiger charge is -2.39.